The van der Waals surface area contributed by atoms with E-state index in [2.05, 4.69) is 21.0 Å². The molecule has 0 spiro atoms. The maximum atomic E-state index is 12.8. The summed E-state index contributed by atoms with van der Waals surface area (Å²) in [6.45, 7) is 3.18. The molecular weight excluding hydrogens is 341 g/mol. The number of aryl methyl sites for hydroxylation is 1. The van der Waals surface area contributed by atoms with Crippen molar-refractivity contribution < 1.29 is 13.2 Å². The van der Waals surface area contributed by atoms with Gasteiger partial charge in [-0.2, -0.15) is 13.2 Å². The largest absolute Gasteiger partial charge is 0.433 e. The van der Waals surface area contributed by atoms with E-state index in [1.54, 1.807) is 12.1 Å². The molecule has 0 unspecified atom stereocenters. The third kappa shape index (κ3) is 2.62. The van der Waals surface area contributed by atoms with E-state index in [9.17, 15) is 13.2 Å². The third-order valence-electron chi connectivity index (χ3n) is 2.81. The van der Waals surface area contributed by atoms with Gasteiger partial charge in [0.15, 0.2) is 0 Å². The molecule has 0 fully saturated rings. The standard InChI is InChI=1S/C12H10BrF3N2S/c1-6-5-8(13)3-4-9(6)18-11(19)7(2)10(17-18)12(14,15)16/h3-5,17H,1-2H3. The number of aromatic nitrogens is 2. The SMILES string of the molecule is Cc1cc(Br)ccc1-n1[nH]c(C(F)(F)F)c(C)c1=S. The van der Waals surface area contributed by atoms with Crippen LogP contribution in [-0.4, -0.2) is 9.78 Å². The highest BCUT2D eigenvalue weighted by Crippen LogP contribution is 2.32. The summed E-state index contributed by atoms with van der Waals surface area (Å²) < 4.78 is 40.8. The summed E-state index contributed by atoms with van der Waals surface area (Å²) in [4.78, 5) is 0. The van der Waals surface area contributed by atoms with Crippen LogP contribution in [0.1, 0.15) is 16.8 Å². The van der Waals surface area contributed by atoms with Crippen LogP contribution in [0.15, 0.2) is 22.7 Å². The van der Waals surface area contributed by atoms with Crippen molar-refractivity contribution in [3.8, 4) is 5.69 Å². The molecule has 0 atom stereocenters. The number of aromatic amines is 1. The Bertz CT molecular complexity index is 685. The fourth-order valence-electron chi connectivity index (χ4n) is 1.84. The first-order chi connectivity index (χ1) is 8.71. The summed E-state index contributed by atoms with van der Waals surface area (Å²) in [5.41, 5.74) is 0.650. The van der Waals surface area contributed by atoms with Crippen LogP contribution >= 0.6 is 28.1 Å². The molecule has 7 heteroatoms. The number of H-pyrrole nitrogens is 1. The molecule has 0 aliphatic heterocycles. The minimum absolute atomic E-state index is 0.0322. The zero-order chi connectivity index (χ0) is 14.4. The lowest BCUT2D eigenvalue weighted by atomic mass is 10.2. The molecule has 2 rings (SSSR count). The number of nitrogens with zero attached hydrogens (tertiary/aromatic N) is 1. The van der Waals surface area contributed by atoms with E-state index in [-0.39, 0.29) is 10.2 Å². The minimum atomic E-state index is -4.44. The molecule has 2 aromatic rings. The van der Waals surface area contributed by atoms with Crippen molar-refractivity contribution in [1.82, 2.24) is 9.78 Å². The average molecular weight is 351 g/mol. The molecule has 1 heterocycles. The number of nitrogens with one attached hydrogen (secondary N) is 1. The van der Waals surface area contributed by atoms with Crippen molar-refractivity contribution in [3.05, 3.63) is 44.1 Å². The van der Waals surface area contributed by atoms with E-state index in [1.165, 1.54) is 11.6 Å². The summed E-state index contributed by atoms with van der Waals surface area (Å²) in [5, 5.41) is 2.34. The van der Waals surface area contributed by atoms with Crippen LogP contribution in [0, 0.1) is 18.5 Å². The van der Waals surface area contributed by atoms with Gasteiger partial charge in [0.2, 0.25) is 0 Å². The highest BCUT2D eigenvalue weighted by Gasteiger charge is 2.35. The van der Waals surface area contributed by atoms with Crippen molar-refractivity contribution in [1.29, 1.82) is 0 Å². The second-order valence-corrected chi connectivity index (χ2v) is 5.48. The number of benzene rings is 1. The van der Waals surface area contributed by atoms with Gasteiger partial charge in [0.25, 0.3) is 0 Å². The molecule has 2 nitrogen and oxygen atoms in total. The Morgan fingerprint density at radius 1 is 1.26 bits per heavy atom. The third-order valence-corrected chi connectivity index (χ3v) is 3.79. The van der Waals surface area contributed by atoms with Gasteiger partial charge in [-0.05, 0) is 37.6 Å². The Hall–Kier alpha value is -1.08. The maximum absolute atomic E-state index is 12.8. The molecule has 0 saturated carbocycles. The van der Waals surface area contributed by atoms with Gasteiger partial charge in [0.05, 0.1) is 5.69 Å². The van der Waals surface area contributed by atoms with E-state index in [1.807, 2.05) is 13.0 Å². The topological polar surface area (TPSA) is 20.7 Å². The first kappa shape index (κ1) is 14.3. The predicted molar refractivity (Wildman–Crippen MR) is 73.1 cm³/mol. The van der Waals surface area contributed by atoms with E-state index in [0.29, 0.717) is 5.69 Å². The van der Waals surface area contributed by atoms with Crippen molar-refractivity contribution >= 4 is 28.1 Å². The van der Waals surface area contributed by atoms with E-state index < -0.39 is 11.9 Å². The van der Waals surface area contributed by atoms with Gasteiger partial charge < -0.3 is 0 Å². The van der Waals surface area contributed by atoms with Crippen LogP contribution in [-0.2, 0) is 6.18 Å². The number of hydrogen-bond acceptors (Lipinski definition) is 1. The molecule has 1 N–H and O–H groups in total. The maximum Gasteiger partial charge on any atom is 0.433 e. The molecule has 1 aromatic carbocycles. The fraction of sp³-hybridized carbons (Fsp3) is 0.250. The van der Waals surface area contributed by atoms with Gasteiger partial charge in [0.1, 0.15) is 10.3 Å². The molecular formula is C12H10BrF3N2S. The molecule has 0 bridgehead atoms. The first-order valence-electron chi connectivity index (χ1n) is 5.37. The molecule has 102 valence electrons. The highest BCUT2D eigenvalue weighted by molar-refractivity contribution is 9.10. The van der Waals surface area contributed by atoms with Crippen LogP contribution < -0.4 is 0 Å². The minimum Gasteiger partial charge on any atom is -0.288 e. The molecule has 19 heavy (non-hydrogen) atoms. The van der Waals surface area contributed by atoms with Crippen molar-refractivity contribution in [2.24, 2.45) is 0 Å². The molecule has 0 saturated heterocycles. The summed E-state index contributed by atoms with van der Waals surface area (Å²) >= 11 is 8.39. The Balaban J connectivity index is 2.68. The van der Waals surface area contributed by atoms with Crippen LogP contribution in [0.2, 0.25) is 0 Å². The van der Waals surface area contributed by atoms with Gasteiger partial charge >= 0.3 is 6.18 Å². The Kier molecular flexibility index (Phi) is 3.61. The number of rotatable bonds is 1. The van der Waals surface area contributed by atoms with Crippen LogP contribution in [0.25, 0.3) is 5.69 Å². The summed E-state index contributed by atoms with van der Waals surface area (Å²) in [6.07, 6.45) is -4.44. The van der Waals surface area contributed by atoms with Crippen LogP contribution in [0.4, 0.5) is 13.2 Å². The van der Waals surface area contributed by atoms with E-state index in [4.69, 9.17) is 12.2 Å². The number of alkyl halides is 3. The average Bonchev–Trinajstić information content (AvgIpc) is 2.56. The lowest BCUT2D eigenvalue weighted by molar-refractivity contribution is -0.141. The van der Waals surface area contributed by atoms with Crippen LogP contribution in [0.5, 0.6) is 0 Å². The number of hydrogen-bond donors (Lipinski definition) is 1. The zero-order valence-electron chi connectivity index (χ0n) is 10.1. The monoisotopic (exact) mass is 350 g/mol. The summed E-state index contributed by atoms with van der Waals surface area (Å²) in [5.74, 6) is 0. The van der Waals surface area contributed by atoms with Crippen LogP contribution in [0.3, 0.4) is 0 Å². The summed E-state index contributed by atoms with van der Waals surface area (Å²) in [6, 6.07) is 5.29. The second kappa shape index (κ2) is 4.79. The van der Waals surface area contributed by atoms with Gasteiger partial charge in [-0.1, -0.05) is 28.1 Å². The predicted octanol–water partition coefficient (Wildman–Crippen LogP) is 4.93. The van der Waals surface area contributed by atoms with Gasteiger partial charge in [-0.25, -0.2) is 4.68 Å². The lowest BCUT2D eigenvalue weighted by Crippen LogP contribution is -2.09. The van der Waals surface area contributed by atoms with Crippen molar-refractivity contribution in [3.63, 3.8) is 0 Å². The van der Waals surface area contributed by atoms with Gasteiger partial charge in [-0.15, -0.1) is 0 Å². The second-order valence-electron chi connectivity index (χ2n) is 4.18. The van der Waals surface area contributed by atoms with E-state index >= 15 is 0 Å². The van der Waals surface area contributed by atoms with Crippen molar-refractivity contribution in [2.75, 3.05) is 0 Å². The van der Waals surface area contributed by atoms with E-state index in [0.717, 1.165) is 10.0 Å². The zero-order valence-corrected chi connectivity index (χ0v) is 12.5. The Morgan fingerprint density at radius 3 is 2.37 bits per heavy atom. The summed E-state index contributed by atoms with van der Waals surface area (Å²) in [7, 11) is 0. The Morgan fingerprint density at radius 2 is 1.89 bits per heavy atom. The fourth-order valence-corrected chi connectivity index (χ4v) is 2.56. The molecule has 0 aliphatic rings. The molecule has 1 aromatic heterocycles. The quantitative estimate of drug-likeness (QED) is 0.723. The first-order valence-corrected chi connectivity index (χ1v) is 6.57. The highest BCUT2D eigenvalue weighted by atomic mass is 79.9. The lowest BCUT2D eigenvalue weighted by Gasteiger charge is -2.08. The van der Waals surface area contributed by atoms with Gasteiger partial charge in [-0.3, -0.25) is 5.10 Å². The normalized spacial score (nSPS) is 11.9. The van der Waals surface area contributed by atoms with Crippen molar-refractivity contribution in [2.45, 2.75) is 20.0 Å². The van der Waals surface area contributed by atoms with Gasteiger partial charge in [0, 0.05) is 10.0 Å². The Labute approximate surface area is 121 Å². The smallest absolute Gasteiger partial charge is 0.288 e. The molecule has 0 aliphatic carbocycles. The number of halogens is 4. The molecule has 0 radical (unpaired) electrons. The molecule has 0 amide bonds.